The summed E-state index contributed by atoms with van der Waals surface area (Å²) >= 11 is 0. The van der Waals surface area contributed by atoms with Gasteiger partial charge in [-0.3, -0.25) is 10.1 Å². The van der Waals surface area contributed by atoms with E-state index in [1.807, 2.05) is 34.6 Å². The maximum atomic E-state index is 12.7. The van der Waals surface area contributed by atoms with E-state index in [2.05, 4.69) is 0 Å². The summed E-state index contributed by atoms with van der Waals surface area (Å²) in [5.74, 6) is 0. The first kappa shape index (κ1) is 18.6. The zero-order valence-corrected chi connectivity index (χ0v) is 14.8. The Labute approximate surface area is 132 Å². The molecule has 7 heteroatoms. The minimum absolute atomic E-state index is 0.112. The van der Waals surface area contributed by atoms with E-state index >= 15 is 0 Å². The van der Waals surface area contributed by atoms with Crippen LogP contribution in [-0.4, -0.2) is 31.2 Å². The standard InChI is InChI=1S/C15H24N2O4S/c1-14(2,3)15(4,5)11-16(6)22(20,21)13-10-8-7-9-12(13)17(18)19/h7-10H,11H2,1-6H3. The molecule has 0 N–H and O–H groups in total. The number of hydrogen-bond donors (Lipinski definition) is 0. The second-order valence-corrected chi connectivity index (χ2v) is 9.13. The topological polar surface area (TPSA) is 80.5 Å². The van der Waals surface area contributed by atoms with E-state index in [0.717, 1.165) is 0 Å². The number of benzene rings is 1. The van der Waals surface area contributed by atoms with Gasteiger partial charge in [-0.1, -0.05) is 46.8 Å². The van der Waals surface area contributed by atoms with Crippen molar-refractivity contribution >= 4 is 15.7 Å². The van der Waals surface area contributed by atoms with Gasteiger partial charge in [0.1, 0.15) is 0 Å². The Hall–Kier alpha value is -1.47. The average Bonchev–Trinajstić information content (AvgIpc) is 2.36. The van der Waals surface area contributed by atoms with Crippen LogP contribution < -0.4 is 0 Å². The highest BCUT2D eigenvalue weighted by molar-refractivity contribution is 7.89. The van der Waals surface area contributed by atoms with Gasteiger partial charge in [0.2, 0.25) is 10.0 Å². The molecule has 0 saturated heterocycles. The summed E-state index contributed by atoms with van der Waals surface area (Å²) in [6.45, 7) is 10.4. The summed E-state index contributed by atoms with van der Waals surface area (Å²) in [5.41, 5.74) is -0.805. The molecule has 0 fully saturated rings. The van der Waals surface area contributed by atoms with Crippen LogP contribution in [0.1, 0.15) is 34.6 Å². The number of hydrogen-bond acceptors (Lipinski definition) is 4. The maximum Gasteiger partial charge on any atom is 0.289 e. The highest BCUT2D eigenvalue weighted by Gasteiger charge is 2.38. The maximum absolute atomic E-state index is 12.7. The van der Waals surface area contributed by atoms with E-state index in [1.165, 1.54) is 35.6 Å². The van der Waals surface area contributed by atoms with Crippen molar-refractivity contribution in [1.82, 2.24) is 4.31 Å². The third-order valence-corrected chi connectivity index (χ3v) is 6.25. The van der Waals surface area contributed by atoms with Gasteiger partial charge < -0.3 is 0 Å². The van der Waals surface area contributed by atoms with Crippen LogP contribution >= 0.6 is 0 Å². The van der Waals surface area contributed by atoms with Gasteiger partial charge in [0.05, 0.1) is 4.92 Å². The van der Waals surface area contributed by atoms with Gasteiger partial charge in [0, 0.05) is 19.7 Å². The summed E-state index contributed by atoms with van der Waals surface area (Å²) in [7, 11) is -2.46. The van der Waals surface area contributed by atoms with Crippen molar-refractivity contribution in [3.63, 3.8) is 0 Å². The lowest BCUT2D eigenvalue weighted by molar-refractivity contribution is -0.387. The van der Waals surface area contributed by atoms with Crippen molar-refractivity contribution < 1.29 is 13.3 Å². The lowest BCUT2D eigenvalue weighted by Gasteiger charge is -2.41. The third kappa shape index (κ3) is 3.64. The van der Waals surface area contributed by atoms with Gasteiger partial charge in [-0.2, -0.15) is 0 Å². The summed E-state index contributed by atoms with van der Waals surface area (Å²) in [4.78, 5) is 10.1. The van der Waals surface area contributed by atoms with E-state index in [-0.39, 0.29) is 22.3 Å². The number of sulfonamides is 1. The average molecular weight is 328 g/mol. The SMILES string of the molecule is CN(CC(C)(C)C(C)(C)C)S(=O)(=O)c1ccccc1[N+](=O)[O-]. The molecule has 0 aromatic heterocycles. The monoisotopic (exact) mass is 328 g/mol. The van der Waals surface area contributed by atoms with Crippen molar-refractivity contribution in [1.29, 1.82) is 0 Å². The Morgan fingerprint density at radius 1 is 1.14 bits per heavy atom. The fraction of sp³-hybridized carbons (Fsp3) is 0.600. The minimum atomic E-state index is -3.92. The van der Waals surface area contributed by atoms with Crippen LogP contribution in [0.5, 0.6) is 0 Å². The molecule has 0 unspecified atom stereocenters. The lowest BCUT2D eigenvalue weighted by atomic mass is 9.69. The van der Waals surface area contributed by atoms with Gasteiger partial charge in [-0.15, -0.1) is 0 Å². The fourth-order valence-electron chi connectivity index (χ4n) is 1.87. The minimum Gasteiger partial charge on any atom is -0.258 e. The molecule has 0 bridgehead atoms. The molecule has 0 saturated carbocycles. The lowest BCUT2D eigenvalue weighted by Crippen LogP contribution is -2.42. The number of para-hydroxylation sites is 1. The highest BCUT2D eigenvalue weighted by atomic mass is 32.2. The molecule has 0 heterocycles. The van der Waals surface area contributed by atoms with Gasteiger partial charge in [0.15, 0.2) is 4.90 Å². The first-order chi connectivity index (χ1) is 9.80. The molecular formula is C15H24N2O4S. The molecule has 124 valence electrons. The summed E-state index contributed by atoms with van der Waals surface area (Å²) in [6, 6.07) is 5.42. The predicted molar refractivity (Wildman–Crippen MR) is 86.1 cm³/mol. The summed E-state index contributed by atoms with van der Waals surface area (Å²) in [5, 5.41) is 11.1. The Kier molecular flexibility index (Phi) is 5.04. The zero-order valence-electron chi connectivity index (χ0n) is 14.0. The van der Waals surface area contributed by atoms with E-state index in [9.17, 15) is 18.5 Å². The fourth-order valence-corrected chi connectivity index (χ4v) is 3.36. The Morgan fingerprint density at radius 2 is 1.64 bits per heavy atom. The van der Waals surface area contributed by atoms with E-state index in [1.54, 1.807) is 0 Å². The molecular weight excluding hydrogens is 304 g/mol. The molecule has 1 rings (SSSR count). The largest absolute Gasteiger partial charge is 0.289 e. The Balaban J connectivity index is 3.24. The molecule has 0 aliphatic heterocycles. The Morgan fingerprint density at radius 3 is 2.09 bits per heavy atom. The molecule has 0 radical (unpaired) electrons. The summed E-state index contributed by atoms with van der Waals surface area (Å²) < 4.78 is 26.6. The van der Waals surface area contributed by atoms with Gasteiger partial charge >= 0.3 is 0 Å². The molecule has 22 heavy (non-hydrogen) atoms. The summed E-state index contributed by atoms with van der Waals surface area (Å²) in [6.07, 6.45) is 0. The first-order valence-corrected chi connectivity index (χ1v) is 8.44. The van der Waals surface area contributed by atoms with E-state index < -0.39 is 20.6 Å². The molecule has 0 spiro atoms. The molecule has 1 aromatic carbocycles. The molecule has 0 aliphatic rings. The predicted octanol–water partition coefficient (Wildman–Crippen LogP) is 3.29. The molecule has 1 aromatic rings. The molecule has 0 atom stereocenters. The van der Waals surface area contributed by atoms with Crippen LogP contribution in [0.4, 0.5) is 5.69 Å². The molecule has 6 nitrogen and oxygen atoms in total. The van der Waals surface area contributed by atoms with Crippen molar-refractivity contribution in [2.75, 3.05) is 13.6 Å². The van der Waals surface area contributed by atoms with Crippen LogP contribution in [0.15, 0.2) is 29.2 Å². The second-order valence-electron chi connectivity index (χ2n) is 7.12. The number of nitro benzene ring substituents is 1. The normalized spacial score (nSPS) is 13.4. The molecule has 0 amide bonds. The number of nitro groups is 1. The number of rotatable bonds is 5. The van der Waals surface area contributed by atoms with Gasteiger partial charge in [0.25, 0.3) is 5.69 Å². The quantitative estimate of drug-likeness (QED) is 0.613. The highest BCUT2D eigenvalue weighted by Crippen LogP contribution is 2.39. The second kappa shape index (κ2) is 5.96. The van der Waals surface area contributed by atoms with Crippen LogP contribution in [0.25, 0.3) is 0 Å². The smallest absolute Gasteiger partial charge is 0.258 e. The number of nitrogens with zero attached hydrogens (tertiary/aromatic N) is 2. The first-order valence-electron chi connectivity index (χ1n) is 7.00. The molecule has 0 aliphatic carbocycles. The third-order valence-electron chi connectivity index (χ3n) is 4.40. The zero-order chi connectivity index (χ0) is 17.3. The van der Waals surface area contributed by atoms with E-state index in [4.69, 9.17) is 0 Å². The van der Waals surface area contributed by atoms with Crippen molar-refractivity contribution in [3.05, 3.63) is 34.4 Å². The van der Waals surface area contributed by atoms with Crippen LogP contribution in [0.2, 0.25) is 0 Å². The van der Waals surface area contributed by atoms with Gasteiger partial charge in [-0.25, -0.2) is 12.7 Å². The van der Waals surface area contributed by atoms with E-state index in [0.29, 0.717) is 0 Å². The van der Waals surface area contributed by atoms with Gasteiger partial charge in [-0.05, 0) is 16.9 Å². The van der Waals surface area contributed by atoms with Crippen molar-refractivity contribution in [2.24, 2.45) is 10.8 Å². The van der Waals surface area contributed by atoms with Crippen molar-refractivity contribution in [3.8, 4) is 0 Å². The van der Waals surface area contributed by atoms with Crippen LogP contribution in [0, 0.1) is 20.9 Å². The van der Waals surface area contributed by atoms with Crippen molar-refractivity contribution in [2.45, 2.75) is 39.5 Å². The van der Waals surface area contributed by atoms with Crippen LogP contribution in [0.3, 0.4) is 0 Å². The van der Waals surface area contributed by atoms with Crippen LogP contribution in [-0.2, 0) is 10.0 Å². The Bertz CT molecular complexity index is 660.